The number of sulfonamides is 2. The van der Waals surface area contributed by atoms with Gasteiger partial charge in [0, 0.05) is 31.9 Å². The standard InChI is InChI=1S/C23H30F3N3O5S3/c1-22(30,23(24,25)26)18-7-9-19(10-8-18)29-12-11-28(37(33,34)21-6-3-13-35-21)15-20(29)14-27-36(31,32)16-17-4-2-5-17/h3,6-10,13,17,20,27,30H,2,4-5,11-12,14-16H2,1H3/t20-,22+/m1/s1. The zero-order valence-electron chi connectivity index (χ0n) is 20.2. The molecule has 2 aromatic rings. The van der Waals surface area contributed by atoms with Crippen LogP contribution < -0.4 is 9.62 Å². The lowest BCUT2D eigenvalue weighted by atomic mass is 9.87. The minimum absolute atomic E-state index is 0.00575. The number of hydrogen-bond acceptors (Lipinski definition) is 7. The van der Waals surface area contributed by atoms with Gasteiger partial charge < -0.3 is 10.0 Å². The zero-order chi connectivity index (χ0) is 27.1. The van der Waals surface area contributed by atoms with E-state index in [2.05, 4.69) is 4.72 Å². The van der Waals surface area contributed by atoms with Crippen LogP contribution in [-0.2, 0) is 25.6 Å². The molecule has 8 nitrogen and oxygen atoms in total. The van der Waals surface area contributed by atoms with Gasteiger partial charge in [-0.15, -0.1) is 11.3 Å². The van der Waals surface area contributed by atoms with Crippen LogP contribution in [0.5, 0.6) is 0 Å². The summed E-state index contributed by atoms with van der Waals surface area (Å²) in [5.74, 6) is 0.127. The molecule has 14 heteroatoms. The number of nitrogens with one attached hydrogen (secondary N) is 1. The molecule has 0 unspecified atom stereocenters. The molecule has 1 aliphatic carbocycles. The summed E-state index contributed by atoms with van der Waals surface area (Å²) >= 11 is 1.09. The molecular formula is C23H30F3N3O5S3. The van der Waals surface area contributed by atoms with Gasteiger partial charge in [-0.2, -0.15) is 17.5 Å². The van der Waals surface area contributed by atoms with Crippen molar-refractivity contribution < 1.29 is 35.1 Å². The molecule has 1 saturated carbocycles. The average Bonchev–Trinajstić information content (AvgIpc) is 3.36. The van der Waals surface area contributed by atoms with E-state index in [0.717, 1.165) is 30.6 Å². The molecular weight excluding hydrogens is 551 g/mol. The minimum Gasteiger partial charge on any atom is -0.376 e. The van der Waals surface area contributed by atoms with Crippen LogP contribution in [0.25, 0.3) is 0 Å². The number of aliphatic hydroxyl groups is 1. The van der Waals surface area contributed by atoms with Gasteiger partial charge in [-0.25, -0.2) is 21.6 Å². The van der Waals surface area contributed by atoms with Crippen molar-refractivity contribution in [2.75, 3.05) is 36.8 Å². The van der Waals surface area contributed by atoms with E-state index >= 15 is 0 Å². The third-order valence-corrected chi connectivity index (χ3v) is 11.8. The van der Waals surface area contributed by atoms with Crippen molar-refractivity contribution in [2.24, 2.45) is 5.92 Å². The summed E-state index contributed by atoms with van der Waals surface area (Å²) in [5, 5.41) is 11.6. The summed E-state index contributed by atoms with van der Waals surface area (Å²) in [6.07, 6.45) is -2.14. The van der Waals surface area contributed by atoms with Crippen LogP contribution in [-0.4, -0.2) is 70.4 Å². The van der Waals surface area contributed by atoms with Crippen LogP contribution in [0.1, 0.15) is 31.7 Å². The number of benzene rings is 1. The molecule has 2 N–H and O–H groups in total. The minimum atomic E-state index is -4.86. The predicted octanol–water partition coefficient (Wildman–Crippen LogP) is 3.12. The fourth-order valence-electron chi connectivity index (χ4n) is 4.49. The Balaban J connectivity index is 1.56. The molecule has 4 rings (SSSR count). The molecule has 2 fully saturated rings. The van der Waals surface area contributed by atoms with Crippen LogP contribution in [0.2, 0.25) is 0 Å². The Morgan fingerprint density at radius 1 is 1.08 bits per heavy atom. The Hall–Kier alpha value is -1.71. The van der Waals surface area contributed by atoms with Crippen molar-refractivity contribution in [2.45, 2.75) is 48.2 Å². The lowest BCUT2D eigenvalue weighted by Crippen LogP contribution is -2.58. The van der Waals surface area contributed by atoms with Gasteiger partial charge in [0.25, 0.3) is 10.0 Å². The smallest absolute Gasteiger partial charge is 0.376 e. The lowest BCUT2D eigenvalue weighted by molar-refractivity contribution is -0.258. The number of nitrogens with zero attached hydrogens (tertiary/aromatic N) is 2. The summed E-state index contributed by atoms with van der Waals surface area (Å²) < 4.78 is 95.4. The maximum atomic E-state index is 13.3. The van der Waals surface area contributed by atoms with Gasteiger partial charge in [0.2, 0.25) is 10.0 Å². The molecule has 206 valence electrons. The molecule has 1 aliphatic heterocycles. The van der Waals surface area contributed by atoms with E-state index in [1.807, 2.05) is 0 Å². The lowest BCUT2D eigenvalue weighted by Gasteiger charge is -2.42. The van der Waals surface area contributed by atoms with Crippen LogP contribution in [0.15, 0.2) is 46.0 Å². The third kappa shape index (κ3) is 6.14. The van der Waals surface area contributed by atoms with Gasteiger partial charge in [0.05, 0.1) is 11.8 Å². The van der Waals surface area contributed by atoms with Crippen LogP contribution >= 0.6 is 11.3 Å². The van der Waals surface area contributed by atoms with Gasteiger partial charge in [0.15, 0.2) is 5.60 Å². The molecule has 2 heterocycles. The molecule has 0 spiro atoms. The van der Waals surface area contributed by atoms with Crippen molar-refractivity contribution >= 4 is 37.1 Å². The highest BCUT2D eigenvalue weighted by Crippen LogP contribution is 2.39. The van der Waals surface area contributed by atoms with E-state index in [0.29, 0.717) is 12.6 Å². The zero-order valence-corrected chi connectivity index (χ0v) is 22.6. The first-order chi connectivity index (χ1) is 17.2. The van der Waals surface area contributed by atoms with Gasteiger partial charge in [-0.1, -0.05) is 24.6 Å². The summed E-state index contributed by atoms with van der Waals surface area (Å²) in [4.78, 5) is 1.79. The number of hydrogen-bond donors (Lipinski definition) is 2. The molecule has 1 aromatic carbocycles. The number of anilines is 1. The highest BCUT2D eigenvalue weighted by molar-refractivity contribution is 7.91. The van der Waals surface area contributed by atoms with Crippen molar-refractivity contribution in [3.63, 3.8) is 0 Å². The van der Waals surface area contributed by atoms with E-state index < -0.39 is 37.9 Å². The van der Waals surface area contributed by atoms with Crippen molar-refractivity contribution in [1.29, 1.82) is 0 Å². The normalized spacial score (nSPS) is 22.0. The summed E-state index contributed by atoms with van der Waals surface area (Å²) in [6, 6.07) is 7.74. The van der Waals surface area contributed by atoms with Gasteiger partial charge >= 0.3 is 6.18 Å². The number of thiophene rings is 1. The Morgan fingerprint density at radius 3 is 2.30 bits per heavy atom. The Kier molecular flexibility index (Phi) is 8.00. The third-order valence-electron chi connectivity index (χ3n) is 7.07. The van der Waals surface area contributed by atoms with Crippen LogP contribution in [0.3, 0.4) is 0 Å². The fourth-order valence-corrected chi connectivity index (χ4v) is 8.62. The Morgan fingerprint density at radius 2 is 1.76 bits per heavy atom. The van der Waals surface area contributed by atoms with Crippen LogP contribution in [0, 0.1) is 5.92 Å². The molecule has 0 amide bonds. The number of piperazine rings is 1. The van der Waals surface area contributed by atoms with Crippen LogP contribution in [0.4, 0.5) is 18.9 Å². The van der Waals surface area contributed by atoms with E-state index in [-0.39, 0.29) is 47.6 Å². The second-order valence-electron chi connectivity index (χ2n) is 9.69. The maximum absolute atomic E-state index is 13.3. The van der Waals surface area contributed by atoms with Gasteiger partial charge in [0.1, 0.15) is 4.21 Å². The molecule has 1 saturated heterocycles. The molecule has 0 radical (unpaired) electrons. The number of alkyl halides is 3. The quantitative estimate of drug-likeness (QED) is 0.472. The predicted molar refractivity (Wildman–Crippen MR) is 135 cm³/mol. The average molecular weight is 582 g/mol. The first-order valence-electron chi connectivity index (χ1n) is 11.9. The number of rotatable bonds is 9. The van der Waals surface area contributed by atoms with E-state index in [4.69, 9.17) is 0 Å². The molecule has 0 bridgehead atoms. The van der Waals surface area contributed by atoms with E-state index in [1.165, 1.54) is 34.6 Å². The second-order valence-corrected chi connectivity index (χ2v) is 14.6. The Bertz CT molecular complexity index is 1280. The fraction of sp³-hybridized carbons (Fsp3) is 0.565. The van der Waals surface area contributed by atoms with Gasteiger partial charge in [-0.3, -0.25) is 0 Å². The summed E-state index contributed by atoms with van der Waals surface area (Å²) in [7, 11) is -7.36. The molecule has 37 heavy (non-hydrogen) atoms. The Labute approximate surface area is 219 Å². The molecule has 2 aliphatic rings. The van der Waals surface area contributed by atoms with Gasteiger partial charge in [-0.05, 0) is 54.8 Å². The second kappa shape index (κ2) is 10.5. The largest absolute Gasteiger partial charge is 0.421 e. The SMILES string of the molecule is C[C@](O)(c1ccc(N2CCN(S(=O)(=O)c3cccs3)C[C@H]2CNS(=O)(=O)CC2CCC2)cc1)C(F)(F)F. The first kappa shape index (κ1) is 28.3. The van der Waals surface area contributed by atoms with Crippen molar-refractivity contribution in [3.05, 3.63) is 47.3 Å². The maximum Gasteiger partial charge on any atom is 0.421 e. The first-order valence-corrected chi connectivity index (χ1v) is 15.9. The van der Waals surface area contributed by atoms with E-state index in [1.54, 1.807) is 16.3 Å². The molecule has 2 atom stereocenters. The summed E-state index contributed by atoms with van der Waals surface area (Å²) in [5.41, 5.74) is -2.87. The number of halogens is 3. The van der Waals surface area contributed by atoms with E-state index in [9.17, 15) is 35.1 Å². The van der Waals surface area contributed by atoms with Crippen molar-refractivity contribution in [1.82, 2.24) is 9.03 Å². The molecule has 1 aromatic heterocycles. The summed E-state index contributed by atoms with van der Waals surface area (Å²) in [6.45, 7) is 0.930. The van der Waals surface area contributed by atoms with Crippen molar-refractivity contribution in [3.8, 4) is 0 Å². The topological polar surface area (TPSA) is 107 Å². The highest BCUT2D eigenvalue weighted by atomic mass is 32.2. The monoisotopic (exact) mass is 581 g/mol. The highest BCUT2D eigenvalue weighted by Gasteiger charge is 2.51.